The highest BCUT2D eigenvalue weighted by Crippen LogP contribution is 1.94. The van der Waals surface area contributed by atoms with E-state index in [2.05, 4.69) is 0 Å². The Morgan fingerprint density at radius 2 is 2.08 bits per heavy atom. The van der Waals surface area contributed by atoms with E-state index in [1.807, 2.05) is 0 Å². The van der Waals surface area contributed by atoms with Gasteiger partial charge in [-0.25, -0.2) is 0 Å². The zero-order valence-corrected chi connectivity index (χ0v) is 8.21. The van der Waals surface area contributed by atoms with Crippen molar-refractivity contribution >= 4 is 5.91 Å². The summed E-state index contributed by atoms with van der Waals surface area (Å²) in [5.74, 6) is -0.378. The van der Waals surface area contributed by atoms with E-state index in [0.29, 0.717) is 31.8 Å². The lowest BCUT2D eigenvalue weighted by atomic mass is 10.2. The van der Waals surface area contributed by atoms with Crippen LogP contribution >= 0.6 is 0 Å². The molecule has 0 saturated heterocycles. The van der Waals surface area contributed by atoms with E-state index in [4.69, 9.17) is 15.2 Å². The fraction of sp³-hybridized carbons (Fsp3) is 0.667. The summed E-state index contributed by atoms with van der Waals surface area (Å²) in [6.45, 7) is 3.46. The Bertz CT molecular complexity index is 178. The number of carbonyl (C=O) groups excluding carboxylic acids is 1. The monoisotopic (exact) mass is 187 g/mol. The van der Waals surface area contributed by atoms with Gasteiger partial charge >= 0.3 is 0 Å². The number of nitrogens with two attached hydrogens (primary N) is 1. The number of carbonyl (C=O) groups is 1. The molecule has 0 spiro atoms. The third-order valence-electron chi connectivity index (χ3n) is 1.53. The van der Waals surface area contributed by atoms with Gasteiger partial charge in [0, 0.05) is 12.7 Å². The fourth-order valence-electron chi connectivity index (χ4n) is 0.704. The van der Waals surface area contributed by atoms with E-state index in [9.17, 15) is 4.79 Å². The van der Waals surface area contributed by atoms with Gasteiger partial charge in [-0.15, -0.1) is 0 Å². The van der Waals surface area contributed by atoms with Crippen LogP contribution in [0.1, 0.15) is 13.3 Å². The minimum atomic E-state index is -0.378. The molecule has 0 radical (unpaired) electrons. The maximum absolute atomic E-state index is 10.6. The molecule has 0 rings (SSSR count). The Balaban J connectivity index is 3.34. The minimum Gasteiger partial charge on any atom is -0.382 e. The highest BCUT2D eigenvalue weighted by atomic mass is 16.5. The van der Waals surface area contributed by atoms with Gasteiger partial charge in [-0.05, 0) is 13.3 Å². The molecule has 0 aliphatic rings. The molecular formula is C9H17NO3. The lowest BCUT2D eigenvalue weighted by Gasteiger charge is -2.00. The van der Waals surface area contributed by atoms with Gasteiger partial charge in [-0.1, -0.05) is 6.08 Å². The zero-order chi connectivity index (χ0) is 10.1. The van der Waals surface area contributed by atoms with Gasteiger partial charge < -0.3 is 15.2 Å². The highest BCUT2D eigenvalue weighted by Gasteiger charge is 1.94. The Morgan fingerprint density at radius 1 is 1.38 bits per heavy atom. The van der Waals surface area contributed by atoms with E-state index in [1.54, 1.807) is 20.1 Å². The standard InChI is InChI=1S/C9H17NO3/c1-8(9(10)11)4-3-5-13-7-6-12-2/h4H,3,5-7H2,1-2H3,(H2,10,11). The van der Waals surface area contributed by atoms with Crippen LogP contribution in [0.2, 0.25) is 0 Å². The number of rotatable bonds is 7. The third-order valence-corrected chi connectivity index (χ3v) is 1.53. The summed E-state index contributed by atoms with van der Waals surface area (Å²) in [7, 11) is 1.63. The number of amides is 1. The summed E-state index contributed by atoms with van der Waals surface area (Å²) in [5.41, 5.74) is 5.61. The number of ether oxygens (including phenoxy) is 2. The molecule has 2 N–H and O–H groups in total. The van der Waals surface area contributed by atoms with Crippen molar-refractivity contribution in [3.8, 4) is 0 Å². The molecule has 0 atom stereocenters. The summed E-state index contributed by atoms with van der Waals surface area (Å²) >= 11 is 0. The average Bonchev–Trinajstić information content (AvgIpc) is 2.10. The highest BCUT2D eigenvalue weighted by molar-refractivity contribution is 5.91. The first-order chi connectivity index (χ1) is 6.18. The largest absolute Gasteiger partial charge is 0.382 e. The zero-order valence-electron chi connectivity index (χ0n) is 8.21. The van der Waals surface area contributed by atoms with Crippen molar-refractivity contribution in [3.63, 3.8) is 0 Å². The SMILES string of the molecule is COCCOCCC=C(C)C(N)=O. The predicted octanol–water partition coefficient (Wildman–Crippen LogP) is 0.471. The van der Waals surface area contributed by atoms with Crippen LogP contribution in [0.15, 0.2) is 11.6 Å². The van der Waals surface area contributed by atoms with Crippen molar-refractivity contribution in [1.29, 1.82) is 0 Å². The Morgan fingerprint density at radius 3 is 2.62 bits per heavy atom. The minimum absolute atomic E-state index is 0.378. The van der Waals surface area contributed by atoms with Crippen LogP contribution in [-0.2, 0) is 14.3 Å². The predicted molar refractivity (Wildman–Crippen MR) is 50.3 cm³/mol. The van der Waals surface area contributed by atoms with Crippen LogP contribution < -0.4 is 5.73 Å². The summed E-state index contributed by atoms with van der Waals surface area (Å²) < 4.78 is 9.98. The fourth-order valence-corrected chi connectivity index (χ4v) is 0.704. The van der Waals surface area contributed by atoms with Crippen molar-refractivity contribution < 1.29 is 14.3 Å². The van der Waals surface area contributed by atoms with Crippen molar-refractivity contribution in [2.24, 2.45) is 5.73 Å². The second kappa shape index (κ2) is 7.76. The Labute approximate surface area is 78.7 Å². The van der Waals surface area contributed by atoms with Gasteiger partial charge in [-0.3, -0.25) is 4.79 Å². The average molecular weight is 187 g/mol. The van der Waals surface area contributed by atoms with E-state index in [0.717, 1.165) is 0 Å². The first kappa shape index (κ1) is 12.1. The van der Waals surface area contributed by atoms with Gasteiger partial charge in [-0.2, -0.15) is 0 Å². The lowest BCUT2D eigenvalue weighted by Crippen LogP contribution is -2.11. The smallest absolute Gasteiger partial charge is 0.244 e. The molecule has 4 heteroatoms. The van der Waals surface area contributed by atoms with Crippen LogP contribution in [-0.4, -0.2) is 32.8 Å². The molecule has 0 saturated carbocycles. The molecule has 0 fully saturated rings. The summed E-state index contributed by atoms with van der Waals surface area (Å²) in [5, 5.41) is 0. The second-order valence-electron chi connectivity index (χ2n) is 2.65. The molecule has 1 amide bonds. The molecule has 0 aliphatic carbocycles. The molecule has 0 unspecified atom stereocenters. The summed E-state index contributed by atoms with van der Waals surface area (Å²) in [6, 6.07) is 0. The van der Waals surface area contributed by atoms with Gasteiger partial charge in [0.05, 0.1) is 19.8 Å². The van der Waals surface area contributed by atoms with Gasteiger partial charge in [0.25, 0.3) is 0 Å². The van der Waals surface area contributed by atoms with E-state index in [1.165, 1.54) is 0 Å². The van der Waals surface area contributed by atoms with Crippen molar-refractivity contribution in [3.05, 3.63) is 11.6 Å². The lowest BCUT2D eigenvalue weighted by molar-refractivity contribution is -0.114. The number of hydrogen-bond donors (Lipinski definition) is 1. The van der Waals surface area contributed by atoms with Crippen LogP contribution in [0.25, 0.3) is 0 Å². The Kier molecular flexibility index (Phi) is 7.24. The van der Waals surface area contributed by atoms with E-state index < -0.39 is 0 Å². The van der Waals surface area contributed by atoms with Crippen LogP contribution in [0.5, 0.6) is 0 Å². The molecule has 0 aliphatic heterocycles. The van der Waals surface area contributed by atoms with E-state index in [-0.39, 0.29) is 5.91 Å². The first-order valence-corrected chi connectivity index (χ1v) is 4.21. The third kappa shape index (κ3) is 7.49. The van der Waals surface area contributed by atoms with Crippen molar-refractivity contribution in [2.45, 2.75) is 13.3 Å². The van der Waals surface area contributed by atoms with E-state index >= 15 is 0 Å². The second-order valence-corrected chi connectivity index (χ2v) is 2.65. The molecule has 0 aromatic carbocycles. The molecule has 0 bridgehead atoms. The molecule has 76 valence electrons. The normalized spacial score (nSPS) is 11.7. The molecule has 0 aromatic heterocycles. The topological polar surface area (TPSA) is 61.6 Å². The number of hydrogen-bond acceptors (Lipinski definition) is 3. The molecular weight excluding hydrogens is 170 g/mol. The van der Waals surface area contributed by atoms with Crippen LogP contribution in [0, 0.1) is 0 Å². The van der Waals surface area contributed by atoms with Gasteiger partial charge in [0.15, 0.2) is 0 Å². The molecule has 0 aromatic rings. The summed E-state index contributed by atoms with van der Waals surface area (Å²) in [4.78, 5) is 10.6. The molecule has 4 nitrogen and oxygen atoms in total. The molecule has 0 heterocycles. The number of methoxy groups -OCH3 is 1. The molecule has 13 heavy (non-hydrogen) atoms. The summed E-state index contributed by atoms with van der Waals surface area (Å²) in [6.07, 6.45) is 2.48. The number of primary amides is 1. The maximum atomic E-state index is 10.6. The van der Waals surface area contributed by atoms with Gasteiger partial charge in [0.1, 0.15) is 0 Å². The van der Waals surface area contributed by atoms with Crippen LogP contribution in [0.4, 0.5) is 0 Å². The maximum Gasteiger partial charge on any atom is 0.244 e. The van der Waals surface area contributed by atoms with Crippen LogP contribution in [0.3, 0.4) is 0 Å². The van der Waals surface area contributed by atoms with Crippen molar-refractivity contribution in [2.75, 3.05) is 26.9 Å². The first-order valence-electron chi connectivity index (χ1n) is 4.21. The van der Waals surface area contributed by atoms with Gasteiger partial charge in [0.2, 0.25) is 5.91 Å². The Hall–Kier alpha value is -0.870. The van der Waals surface area contributed by atoms with Crippen molar-refractivity contribution in [1.82, 2.24) is 0 Å². The quantitative estimate of drug-likeness (QED) is 0.465.